The lowest BCUT2D eigenvalue weighted by Crippen LogP contribution is -2.40. The number of methoxy groups -OCH3 is 1. The minimum absolute atomic E-state index is 0.218. The molecule has 1 aromatic carbocycles. The van der Waals surface area contributed by atoms with E-state index in [-0.39, 0.29) is 5.56 Å². The van der Waals surface area contributed by atoms with Crippen LogP contribution in [0.4, 0.5) is 8.78 Å². The highest BCUT2D eigenvalue weighted by molar-refractivity contribution is 5.22. The van der Waals surface area contributed by atoms with Crippen molar-refractivity contribution in [2.75, 3.05) is 26.8 Å². The fraction of sp³-hybridized carbons (Fsp3) is 0.600. The molecule has 1 aromatic rings. The molecule has 20 heavy (non-hydrogen) atoms. The summed E-state index contributed by atoms with van der Waals surface area (Å²) in [6.07, 6.45) is 0.960. The number of hydrogen-bond donors (Lipinski definition) is 1. The third-order valence-corrected chi connectivity index (χ3v) is 3.61. The average molecular weight is 286 g/mol. The number of nitrogens with two attached hydrogens (primary N) is 1. The van der Waals surface area contributed by atoms with Crippen molar-refractivity contribution in [3.8, 4) is 0 Å². The van der Waals surface area contributed by atoms with Crippen LogP contribution in [0.5, 0.6) is 0 Å². The Morgan fingerprint density at radius 1 is 1.35 bits per heavy atom. The lowest BCUT2D eigenvalue weighted by molar-refractivity contribution is 0.117. The Morgan fingerprint density at radius 2 is 2.05 bits per heavy atom. The number of hydrogen-bond acceptors (Lipinski definition) is 3. The molecule has 3 nitrogen and oxygen atoms in total. The van der Waals surface area contributed by atoms with Gasteiger partial charge in [0.25, 0.3) is 0 Å². The van der Waals surface area contributed by atoms with Crippen LogP contribution in [0.2, 0.25) is 0 Å². The molecule has 0 aliphatic rings. The standard InChI is InChI=1S/C15H24F2N2O/c1-4-11(2)19(8-9-20-3)10-14(18)12-6-5-7-13(16)15(12)17/h5-7,11,14H,4,8-10,18H2,1-3H3. The zero-order valence-corrected chi connectivity index (χ0v) is 12.4. The van der Waals surface area contributed by atoms with Crippen molar-refractivity contribution in [2.24, 2.45) is 5.73 Å². The first-order valence-corrected chi connectivity index (χ1v) is 6.93. The van der Waals surface area contributed by atoms with Gasteiger partial charge in [0.2, 0.25) is 0 Å². The van der Waals surface area contributed by atoms with Crippen LogP contribution in [-0.2, 0) is 4.74 Å². The summed E-state index contributed by atoms with van der Waals surface area (Å²) in [4.78, 5) is 2.14. The molecule has 0 saturated carbocycles. The third-order valence-electron chi connectivity index (χ3n) is 3.61. The van der Waals surface area contributed by atoms with Gasteiger partial charge in [0.1, 0.15) is 0 Å². The molecule has 0 spiro atoms. The summed E-state index contributed by atoms with van der Waals surface area (Å²) < 4.78 is 32.1. The van der Waals surface area contributed by atoms with E-state index in [0.29, 0.717) is 19.2 Å². The summed E-state index contributed by atoms with van der Waals surface area (Å²) in [6, 6.07) is 3.87. The Balaban J connectivity index is 2.78. The van der Waals surface area contributed by atoms with E-state index in [1.54, 1.807) is 7.11 Å². The van der Waals surface area contributed by atoms with Crippen LogP contribution in [0.3, 0.4) is 0 Å². The average Bonchev–Trinajstić information content (AvgIpc) is 2.45. The van der Waals surface area contributed by atoms with Gasteiger partial charge in [-0.2, -0.15) is 0 Å². The van der Waals surface area contributed by atoms with E-state index in [1.807, 2.05) is 0 Å². The number of rotatable bonds is 8. The van der Waals surface area contributed by atoms with Gasteiger partial charge in [-0.15, -0.1) is 0 Å². The maximum absolute atomic E-state index is 13.7. The lowest BCUT2D eigenvalue weighted by atomic mass is 10.0. The molecule has 1 rings (SSSR count). The summed E-state index contributed by atoms with van der Waals surface area (Å²) in [5, 5.41) is 0. The van der Waals surface area contributed by atoms with E-state index in [0.717, 1.165) is 19.0 Å². The second kappa shape index (κ2) is 8.29. The summed E-state index contributed by atoms with van der Waals surface area (Å²) in [5.74, 6) is -1.71. The molecule has 0 aliphatic carbocycles. The van der Waals surface area contributed by atoms with E-state index in [4.69, 9.17) is 10.5 Å². The van der Waals surface area contributed by atoms with Gasteiger partial charge in [-0.25, -0.2) is 8.78 Å². The first kappa shape index (κ1) is 17.0. The molecule has 0 radical (unpaired) electrons. The van der Waals surface area contributed by atoms with E-state index >= 15 is 0 Å². The fourth-order valence-corrected chi connectivity index (χ4v) is 2.12. The van der Waals surface area contributed by atoms with E-state index < -0.39 is 17.7 Å². The highest BCUT2D eigenvalue weighted by Crippen LogP contribution is 2.19. The largest absolute Gasteiger partial charge is 0.383 e. The molecule has 0 heterocycles. The van der Waals surface area contributed by atoms with Crippen molar-refractivity contribution in [1.29, 1.82) is 0 Å². The quantitative estimate of drug-likeness (QED) is 0.798. The van der Waals surface area contributed by atoms with Gasteiger partial charge in [0.05, 0.1) is 6.61 Å². The van der Waals surface area contributed by atoms with Crippen LogP contribution in [0.1, 0.15) is 31.9 Å². The molecule has 5 heteroatoms. The Labute approximate surface area is 119 Å². The molecule has 0 amide bonds. The molecule has 2 N–H and O–H groups in total. The second-order valence-corrected chi connectivity index (χ2v) is 4.99. The topological polar surface area (TPSA) is 38.5 Å². The lowest BCUT2D eigenvalue weighted by Gasteiger charge is -2.30. The summed E-state index contributed by atoms with van der Waals surface area (Å²) >= 11 is 0. The Bertz CT molecular complexity index is 415. The molecule has 0 aliphatic heterocycles. The van der Waals surface area contributed by atoms with Crippen molar-refractivity contribution in [1.82, 2.24) is 4.90 Å². The van der Waals surface area contributed by atoms with E-state index in [2.05, 4.69) is 18.7 Å². The van der Waals surface area contributed by atoms with Crippen molar-refractivity contribution in [2.45, 2.75) is 32.4 Å². The Hall–Kier alpha value is -1.04. The second-order valence-electron chi connectivity index (χ2n) is 4.99. The van der Waals surface area contributed by atoms with Crippen LogP contribution in [-0.4, -0.2) is 37.7 Å². The molecule has 0 fully saturated rings. The number of benzene rings is 1. The van der Waals surface area contributed by atoms with Gasteiger partial charge in [0, 0.05) is 37.8 Å². The first-order chi connectivity index (χ1) is 9.51. The van der Waals surface area contributed by atoms with Crippen molar-refractivity contribution in [3.05, 3.63) is 35.4 Å². The van der Waals surface area contributed by atoms with Gasteiger partial charge in [-0.05, 0) is 19.4 Å². The van der Waals surface area contributed by atoms with Crippen molar-refractivity contribution < 1.29 is 13.5 Å². The van der Waals surface area contributed by atoms with Gasteiger partial charge in [0.15, 0.2) is 11.6 Å². The maximum Gasteiger partial charge on any atom is 0.163 e. The van der Waals surface area contributed by atoms with E-state index in [1.165, 1.54) is 12.1 Å². The number of halogens is 2. The van der Waals surface area contributed by atoms with Gasteiger partial charge < -0.3 is 10.5 Å². The zero-order chi connectivity index (χ0) is 15.1. The van der Waals surface area contributed by atoms with Crippen LogP contribution >= 0.6 is 0 Å². The molecule has 0 saturated heterocycles. The summed E-state index contributed by atoms with van der Waals surface area (Å²) in [6.45, 7) is 5.95. The molecule has 2 atom stereocenters. The Morgan fingerprint density at radius 3 is 2.65 bits per heavy atom. The monoisotopic (exact) mass is 286 g/mol. The molecule has 0 bridgehead atoms. The van der Waals surface area contributed by atoms with Crippen LogP contribution in [0.15, 0.2) is 18.2 Å². The minimum atomic E-state index is -0.857. The normalized spacial score (nSPS) is 14.6. The molecule has 2 unspecified atom stereocenters. The molecular weight excluding hydrogens is 262 g/mol. The maximum atomic E-state index is 13.7. The van der Waals surface area contributed by atoms with Crippen molar-refractivity contribution in [3.63, 3.8) is 0 Å². The highest BCUT2D eigenvalue weighted by Gasteiger charge is 2.20. The summed E-state index contributed by atoms with van der Waals surface area (Å²) in [7, 11) is 1.64. The van der Waals surface area contributed by atoms with E-state index in [9.17, 15) is 8.78 Å². The predicted molar refractivity (Wildman–Crippen MR) is 76.5 cm³/mol. The number of nitrogens with zero attached hydrogens (tertiary/aromatic N) is 1. The minimum Gasteiger partial charge on any atom is -0.383 e. The van der Waals surface area contributed by atoms with Crippen LogP contribution in [0, 0.1) is 11.6 Å². The third kappa shape index (κ3) is 4.51. The van der Waals surface area contributed by atoms with Crippen molar-refractivity contribution >= 4 is 0 Å². The van der Waals surface area contributed by atoms with Gasteiger partial charge >= 0.3 is 0 Å². The van der Waals surface area contributed by atoms with Crippen LogP contribution in [0.25, 0.3) is 0 Å². The smallest absolute Gasteiger partial charge is 0.163 e. The summed E-state index contributed by atoms with van der Waals surface area (Å²) in [5.41, 5.74) is 6.26. The fourth-order valence-electron chi connectivity index (χ4n) is 2.12. The predicted octanol–water partition coefficient (Wildman–Crippen LogP) is 2.71. The first-order valence-electron chi connectivity index (χ1n) is 6.93. The zero-order valence-electron chi connectivity index (χ0n) is 12.4. The molecular formula is C15H24F2N2O. The van der Waals surface area contributed by atoms with Crippen LogP contribution < -0.4 is 5.73 Å². The SMILES string of the molecule is CCC(C)N(CCOC)CC(N)c1cccc(F)c1F. The number of ether oxygens (including phenoxy) is 1. The van der Waals surface area contributed by atoms with Gasteiger partial charge in [-0.1, -0.05) is 19.1 Å². The highest BCUT2D eigenvalue weighted by atomic mass is 19.2. The Kier molecular flexibility index (Phi) is 7.05. The molecule has 0 aromatic heterocycles. The van der Waals surface area contributed by atoms with Gasteiger partial charge in [-0.3, -0.25) is 4.90 Å². The molecule has 114 valence electrons.